The fourth-order valence-corrected chi connectivity index (χ4v) is 3.22. The van der Waals surface area contributed by atoms with E-state index in [1.165, 1.54) is 0 Å². The lowest BCUT2D eigenvalue weighted by atomic mass is 10.1. The molecule has 0 radical (unpaired) electrons. The van der Waals surface area contributed by atoms with Crippen LogP contribution < -0.4 is 4.74 Å². The third kappa shape index (κ3) is 3.39. The SMILES string of the molecule is O=C(c1ccccc1Oc1ccccc1)c1[nH]c(Cl)c(Cl)c1I. The second-order valence-corrected chi connectivity index (χ2v) is 6.52. The summed E-state index contributed by atoms with van der Waals surface area (Å²) in [5.74, 6) is 0.904. The van der Waals surface area contributed by atoms with Crippen molar-refractivity contribution in [2.75, 3.05) is 0 Å². The molecule has 0 aliphatic rings. The maximum Gasteiger partial charge on any atom is 0.214 e. The van der Waals surface area contributed by atoms with Crippen molar-refractivity contribution in [3.63, 3.8) is 0 Å². The highest BCUT2D eigenvalue weighted by Gasteiger charge is 2.22. The van der Waals surface area contributed by atoms with Gasteiger partial charge in [0.25, 0.3) is 0 Å². The highest BCUT2D eigenvalue weighted by Crippen LogP contribution is 2.33. The van der Waals surface area contributed by atoms with Gasteiger partial charge in [-0.3, -0.25) is 4.79 Å². The number of benzene rings is 2. The van der Waals surface area contributed by atoms with Crippen LogP contribution in [0.5, 0.6) is 11.5 Å². The molecule has 0 fully saturated rings. The van der Waals surface area contributed by atoms with E-state index in [2.05, 4.69) is 4.98 Å². The molecule has 6 heteroatoms. The Morgan fingerprint density at radius 2 is 1.65 bits per heavy atom. The number of ketones is 1. The van der Waals surface area contributed by atoms with Crippen LogP contribution in [0.15, 0.2) is 54.6 Å². The maximum absolute atomic E-state index is 12.8. The van der Waals surface area contributed by atoms with Gasteiger partial charge in [-0.1, -0.05) is 53.5 Å². The Labute approximate surface area is 156 Å². The van der Waals surface area contributed by atoms with E-state index in [1.807, 2.05) is 59.0 Å². The number of halogens is 3. The molecule has 0 aliphatic carbocycles. The quantitative estimate of drug-likeness (QED) is 0.388. The minimum atomic E-state index is -0.227. The first-order valence-corrected chi connectivity index (χ1v) is 8.50. The summed E-state index contributed by atoms with van der Waals surface area (Å²) < 4.78 is 6.42. The standard InChI is InChI=1S/C17H10Cl2INO2/c18-13-14(20)15(21-17(13)19)16(22)11-8-4-5-9-12(11)23-10-6-2-1-3-7-10/h1-9,21H. The molecule has 0 saturated heterocycles. The zero-order valence-corrected chi connectivity index (χ0v) is 15.3. The maximum atomic E-state index is 12.8. The first-order valence-electron chi connectivity index (χ1n) is 6.67. The molecule has 116 valence electrons. The van der Waals surface area contributed by atoms with Gasteiger partial charge < -0.3 is 9.72 Å². The smallest absolute Gasteiger partial charge is 0.214 e. The summed E-state index contributed by atoms with van der Waals surface area (Å²) in [5, 5.41) is 0.595. The van der Waals surface area contributed by atoms with E-state index in [-0.39, 0.29) is 10.9 Å². The normalized spacial score (nSPS) is 10.6. The van der Waals surface area contributed by atoms with Crippen molar-refractivity contribution in [3.05, 3.63) is 79.6 Å². The van der Waals surface area contributed by atoms with E-state index in [4.69, 9.17) is 27.9 Å². The number of H-pyrrole nitrogens is 1. The molecule has 1 aromatic heterocycles. The summed E-state index contributed by atoms with van der Waals surface area (Å²) in [6, 6.07) is 16.3. The van der Waals surface area contributed by atoms with Crippen molar-refractivity contribution in [2.24, 2.45) is 0 Å². The molecular formula is C17H10Cl2INO2. The van der Waals surface area contributed by atoms with E-state index in [9.17, 15) is 4.79 Å². The molecule has 23 heavy (non-hydrogen) atoms. The lowest BCUT2D eigenvalue weighted by molar-refractivity contribution is 0.103. The molecule has 3 aromatic rings. The summed E-state index contributed by atoms with van der Waals surface area (Å²) in [6.07, 6.45) is 0. The Kier molecular flexibility index (Phi) is 4.94. The van der Waals surface area contributed by atoms with Gasteiger partial charge in [0.05, 0.1) is 14.2 Å². The highest BCUT2D eigenvalue weighted by molar-refractivity contribution is 14.1. The number of para-hydroxylation sites is 2. The van der Waals surface area contributed by atoms with Gasteiger partial charge in [-0.2, -0.15) is 0 Å². The number of aromatic amines is 1. The molecule has 0 unspecified atom stereocenters. The lowest BCUT2D eigenvalue weighted by Gasteiger charge is -2.10. The van der Waals surface area contributed by atoms with Crippen LogP contribution in [0.1, 0.15) is 16.1 Å². The Morgan fingerprint density at radius 3 is 2.30 bits per heavy atom. The topological polar surface area (TPSA) is 42.1 Å². The third-order valence-corrected chi connectivity index (χ3v) is 5.33. The molecule has 0 spiro atoms. The van der Waals surface area contributed by atoms with E-state index < -0.39 is 0 Å². The second-order valence-electron chi connectivity index (χ2n) is 4.68. The van der Waals surface area contributed by atoms with Crippen molar-refractivity contribution in [1.29, 1.82) is 0 Å². The molecule has 0 bridgehead atoms. The summed E-state index contributed by atoms with van der Waals surface area (Å²) in [6.45, 7) is 0. The van der Waals surface area contributed by atoms with Crippen LogP contribution >= 0.6 is 45.8 Å². The fraction of sp³-hybridized carbons (Fsp3) is 0. The summed E-state index contributed by atoms with van der Waals surface area (Å²) in [7, 11) is 0. The van der Waals surface area contributed by atoms with Gasteiger partial charge in [-0.05, 0) is 46.9 Å². The molecule has 0 amide bonds. The average molecular weight is 458 g/mol. The number of hydrogen-bond acceptors (Lipinski definition) is 2. The van der Waals surface area contributed by atoms with Crippen LogP contribution in [0.3, 0.4) is 0 Å². The zero-order chi connectivity index (χ0) is 16.4. The number of carbonyl (C=O) groups excluding carboxylic acids is 1. The number of aromatic nitrogens is 1. The van der Waals surface area contributed by atoms with Gasteiger partial charge in [0.2, 0.25) is 5.78 Å². The Morgan fingerprint density at radius 1 is 1.00 bits per heavy atom. The van der Waals surface area contributed by atoms with Crippen LogP contribution in [0.25, 0.3) is 0 Å². The van der Waals surface area contributed by atoms with E-state index >= 15 is 0 Å². The number of carbonyl (C=O) groups is 1. The van der Waals surface area contributed by atoms with Gasteiger partial charge in [0.15, 0.2) is 0 Å². The van der Waals surface area contributed by atoms with Gasteiger partial charge in [0, 0.05) is 0 Å². The van der Waals surface area contributed by atoms with Crippen LogP contribution in [-0.4, -0.2) is 10.8 Å². The van der Waals surface area contributed by atoms with Crippen molar-refractivity contribution in [1.82, 2.24) is 4.98 Å². The summed E-state index contributed by atoms with van der Waals surface area (Å²) in [5.41, 5.74) is 0.786. The van der Waals surface area contributed by atoms with E-state index in [0.29, 0.717) is 31.3 Å². The third-order valence-electron chi connectivity index (χ3n) is 3.17. The van der Waals surface area contributed by atoms with Crippen LogP contribution in [0.4, 0.5) is 0 Å². The molecule has 0 aliphatic heterocycles. The molecule has 1 N–H and O–H groups in total. The van der Waals surface area contributed by atoms with Crippen molar-refractivity contribution >= 4 is 51.6 Å². The Bertz CT molecular complexity index is 862. The number of ether oxygens (including phenoxy) is 1. The van der Waals surface area contributed by atoms with Crippen molar-refractivity contribution in [3.8, 4) is 11.5 Å². The number of rotatable bonds is 4. The minimum Gasteiger partial charge on any atom is -0.457 e. The van der Waals surface area contributed by atoms with Crippen LogP contribution in [0.2, 0.25) is 10.2 Å². The van der Waals surface area contributed by atoms with Gasteiger partial charge in [-0.15, -0.1) is 0 Å². The summed E-state index contributed by atoms with van der Waals surface area (Å²) >= 11 is 14.0. The first kappa shape index (κ1) is 16.4. The monoisotopic (exact) mass is 457 g/mol. The van der Waals surface area contributed by atoms with Crippen molar-refractivity contribution < 1.29 is 9.53 Å². The predicted molar refractivity (Wildman–Crippen MR) is 99.9 cm³/mol. The summed E-state index contributed by atoms with van der Waals surface area (Å²) in [4.78, 5) is 15.6. The molecule has 1 heterocycles. The molecule has 3 nitrogen and oxygen atoms in total. The molecule has 0 saturated carbocycles. The van der Waals surface area contributed by atoms with E-state index in [0.717, 1.165) is 0 Å². The zero-order valence-electron chi connectivity index (χ0n) is 11.6. The highest BCUT2D eigenvalue weighted by atomic mass is 127. The van der Waals surface area contributed by atoms with E-state index in [1.54, 1.807) is 18.2 Å². The largest absolute Gasteiger partial charge is 0.457 e. The lowest BCUT2D eigenvalue weighted by Crippen LogP contribution is -2.05. The minimum absolute atomic E-state index is 0.227. The number of hydrogen-bond donors (Lipinski definition) is 1. The molecular weight excluding hydrogens is 448 g/mol. The molecule has 3 rings (SSSR count). The molecule has 2 aromatic carbocycles. The first-order chi connectivity index (χ1) is 11.1. The fourth-order valence-electron chi connectivity index (χ4n) is 2.08. The van der Waals surface area contributed by atoms with Gasteiger partial charge in [0.1, 0.15) is 22.3 Å². The van der Waals surface area contributed by atoms with Gasteiger partial charge in [-0.25, -0.2) is 0 Å². The predicted octanol–water partition coefficient (Wildman–Crippen LogP) is 5.95. The Hall–Kier alpha value is -1.50. The second kappa shape index (κ2) is 6.95. The number of nitrogens with one attached hydrogen (secondary N) is 1. The van der Waals surface area contributed by atoms with Gasteiger partial charge >= 0.3 is 0 Å². The van der Waals surface area contributed by atoms with Crippen LogP contribution in [0, 0.1) is 3.57 Å². The average Bonchev–Trinajstić information content (AvgIpc) is 2.83. The van der Waals surface area contributed by atoms with Crippen LogP contribution in [-0.2, 0) is 0 Å². The molecule has 0 atom stereocenters. The Balaban J connectivity index is 2.00. The van der Waals surface area contributed by atoms with Crippen molar-refractivity contribution in [2.45, 2.75) is 0 Å².